The first-order valence-electron chi connectivity index (χ1n) is 12.1. The van der Waals surface area contributed by atoms with Gasteiger partial charge in [-0.2, -0.15) is 10.6 Å². The maximum absolute atomic E-state index is 12.7. The molecule has 1 aromatic carbocycles. The van der Waals surface area contributed by atoms with E-state index in [9.17, 15) is 13.9 Å². The van der Waals surface area contributed by atoms with Crippen LogP contribution in [-0.2, 0) is 12.0 Å². The number of hydrogen-bond acceptors (Lipinski definition) is 7. The molecule has 0 radical (unpaired) electrons. The van der Waals surface area contributed by atoms with E-state index >= 15 is 0 Å². The first kappa shape index (κ1) is 25.6. The summed E-state index contributed by atoms with van der Waals surface area (Å²) in [4.78, 5) is 30.1. The van der Waals surface area contributed by atoms with E-state index in [1.807, 2.05) is 31.2 Å². The van der Waals surface area contributed by atoms with E-state index < -0.39 is 10.6 Å². The summed E-state index contributed by atoms with van der Waals surface area (Å²) in [6, 6.07) is 8.09. The highest BCUT2D eigenvalue weighted by molar-refractivity contribution is 8.24. The number of aryl methyl sites for hydroxylation is 1. The fourth-order valence-corrected chi connectivity index (χ4v) is 6.37. The maximum Gasteiger partial charge on any atom is 0.263 e. The van der Waals surface area contributed by atoms with E-state index in [1.54, 1.807) is 12.5 Å². The van der Waals surface area contributed by atoms with Crippen LogP contribution in [0.15, 0.2) is 42.9 Å². The standard InChI is InChI=1S/C27H31N5O3S2/c1-16-11-18(5-6-19(16)13-28-25(33)22-14-29-26(36-22)27(2,3)4)23-24-21(30-15-31-23)12-20(32-24)17-7-9-37(34,35)10-8-17/h5-7,11-12,14-15,32,34-35H,8-10,13H2,1-4H3,(H,28,33). The van der Waals surface area contributed by atoms with Crippen LogP contribution in [-0.4, -0.2) is 46.5 Å². The maximum atomic E-state index is 12.7. The predicted molar refractivity (Wildman–Crippen MR) is 151 cm³/mol. The summed E-state index contributed by atoms with van der Waals surface area (Å²) in [5.74, 6) is 0.546. The Morgan fingerprint density at radius 3 is 2.68 bits per heavy atom. The van der Waals surface area contributed by atoms with E-state index in [0.29, 0.717) is 23.6 Å². The smallest absolute Gasteiger partial charge is 0.263 e. The average molecular weight is 538 g/mol. The summed E-state index contributed by atoms with van der Waals surface area (Å²) in [6.07, 6.45) is 5.72. The molecule has 4 N–H and O–H groups in total. The monoisotopic (exact) mass is 537 g/mol. The topological polar surface area (TPSA) is 124 Å². The molecule has 1 amide bonds. The van der Waals surface area contributed by atoms with Crippen LogP contribution in [0.5, 0.6) is 0 Å². The van der Waals surface area contributed by atoms with E-state index in [4.69, 9.17) is 0 Å². The molecule has 0 bridgehead atoms. The van der Waals surface area contributed by atoms with Crippen molar-refractivity contribution in [3.8, 4) is 11.3 Å². The second kappa shape index (κ2) is 9.68. The highest BCUT2D eigenvalue weighted by Crippen LogP contribution is 2.45. The molecule has 0 unspecified atom stereocenters. The van der Waals surface area contributed by atoms with Gasteiger partial charge in [-0.3, -0.25) is 13.9 Å². The molecule has 3 aromatic heterocycles. The summed E-state index contributed by atoms with van der Waals surface area (Å²) in [6.45, 7) is 8.71. The fourth-order valence-electron chi connectivity index (χ4n) is 4.30. The van der Waals surface area contributed by atoms with Gasteiger partial charge in [-0.1, -0.05) is 39.0 Å². The van der Waals surface area contributed by atoms with Gasteiger partial charge in [0.05, 0.1) is 33.7 Å². The molecular weight excluding hydrogens is 506 g/mol. The molecule has 1 aliphatic heterocycles. The van der Waals surface area contributed by atoms with Crippen molar-refractivity contribution in [1.82, 2.24) is 25.3 Å². The van der Waals surface area contributed by atoms with Gasteiger partial charge in [0.25, 0.3) is 5.91 Å². The minimum atomic E-state index is -2.49. The largest absolute Gasteiger partial charge is 0.352 e. The first-order chi connectivity index (χ1) is 17.5. The zero-order chi connectivity index (χ0) is 26.4. The number of allylic oxidation sites excluding steroid dienone is 1. The molecule has 0 saturated heterocycles. The second-order valence-electron chi connectivity index (χ2n) is 10.4. The highest BCUT2D eigenvalue weighted by atomic mass is 32.3. The highest BCUT2D eigenvalue weighted by Gasteiger charge is 2.22. The zero-order valence-corrected chi connectivity index (χ0v) is 23.0. The molecule has 37 heavy (non-hydrogen) atoms. The number of thiazole rings is 1. The molecule has 194 valence electrons. The number of carbonyl (C=O) groups is 1. The molecule has 5 rings (SSSR count). The van der Waals surface area contributed by atoms with E-state index in [2.05, 4.69) is 52.1 Å². The van der Waals surface area contributed by atoms with Gasteiger partial charge in [-0.25, -0.2) is 15.0 Å². The van der Waals surface area contributed by atoms with Crippen molar-refractivity contribution in [2.45, 2.75) is 46.1 Å². The van der Waals surface area contributed by atoms with Crippen LogP contribution in [0.3, 0.4) is 0 Å². The number of aromatic amines is 1. The lowest BCUT2D eigenvalue weighted by Crippen LogP contribution is -2.22. The third-order valence-corrected chi connectivity index (χ3v) is 9.47. The molecule has 1 aliphatic rings. The predicted octanol–water partition coefficient (Wildman–Crippen LogP) is 6.16. The number of aromatic nitrogens is 4. The molecule has 0 saturated carbocycles. The average Bonchev–Trinajstić information content (AvgIpc) is 3.51. The third-order valence-electron chi connectivity index (χ3n) is 6.48. The van der Waals surface area contributed by atoms with Gasteiger partial charge in [0.1, 0.15) is 11.2 Å². The summed E-state index contributed by atoms with van der Waals surface area (Å²) < 4.78 is 19.8. The lowest BCUT2D eigenvalue weighted by atomic mass is 9.98. The normalized spacial score (nSPS) is 16.4. The van der Waals surface area contributed by atoms with Crippen LogP contribution in [0.25, 0.3) is 27.9 Å². The Morgan fingerprint density at radius 1 is 1.19 bits per heavy atom. The van der Waals surface area contributed by atoms with Crippen molar-refractivity contribution < 1.29 is 13.9 Å². The number of hydrogen-bond donors (Lipinski definition) is 4. The number of fused-ring (bicyclic) bond motifs is 1. The Balaban J connectivity index is 1.34. The number of nitrogens with one attached hydrogen (secondary N) is 2. The van der Waals surface area contributed by atoms with Gasteiger partial charge in [0.15, 0.2) is 0 Å². The Hall–Kier alpha value is -3.05. The number of nitrogens with zero attached hydrogens (tertiary/aromatic N) is 3. The summed E-state index contributed by atoms with van der Waals surface area (Å²) in [7, 11) is -2.49. The zero-order valence-electron chi connectivity index (χ0n) is 21.3. The first-order valence-corrected chi connectivity index (χ1v) is 14.8. The van der Waals surface area contributed by atoms with Crippen LogP contribution in [0.2, 0.25) is 0 Å². The van der Waals surface area contributed by atoms with Gasteiger partial charge in [-0.15, -0.1) is 11.3 Å². The quantitative estimate of drug-likeness (QED) is 0.242. The van der Waals surface area contributed by atoms with Crippen molar-refractivity contribution >= 4 is 44.4 Å². The molecule has 0 spiro atoms. The number of benzene rings is 1. The van der Waals surface area contributed by atoms with Crippen molar-refractivity contribution in [3.63, 3.8) is 0 Å². The van der Waals surface area contributed by atoms with Gasteiger partial charge >= 0.3 is 0 Å². The second-order valence-corrected chi connectivity index (χ2v) is 13.8. The van der Waals surface area contributed by atoms with Crippen molar-refractivity contribution in [3.05, 3.63) is 69.6 Å². The third kappa shape index (κ3) is 5.47. The fraction of sp³-hybridized carbons (Fsp3) is 0.333. The summed E-state index contributed by atoms with van der Waals surface area (Å²) in [5, 5.41) is 3.96. The summed E-state index contributed by atoms with van der Waals surface area (Å²) in [5.41, 5.74) is 7.40. The van der Waals surface area contributed by atoms with Crippen molar-refractivity contribution in [2.24, 2.45) is 0 Å². The van der Waals surface area contributed by atoms with E-state index in [1.165, 1.54) is 11.3 Å². The van der Waals surface area contributed by atoms with Crippen LogP contribution >= 0.6 is 21.9 Å². The summed E-state index contributed by atoms with van der Waals surface area (Å²) >= 11 is 1.43. The Kier molecular flexibility index (Phi) is 6.70. The van der Waals surface area contributed by atoms with Crippen LogP contribution in [0.4, 0.5) is 0 Å². The Labute approximate surface area is 221 Å². The molecular formula is C27H31N5O3S2. The SMILES string of the molecule is Cc1cc(-c2ncnc3cc(C4=CCS(O)(O)CC4)[nH]c23)ccc1CNC(=O)c1cnc(C(C)(C)C)s1. The molecule has 4 heterocycles. The molecule has 8 nitrogen and oxygen atoms in total. The van der Waals surface area contributed by atoms with E-state index in [0.717, 1.165) is 49.7 Å². The molecule has 10 heteroatoms. The van der Waals surface area contributed by atoms with Crippen LogP contribution in [0, 0.1) is 6.92 Å². The minimum absolute atomic E-state index is 0.0824. The molecule has 4 aromatic rings. The minimum Gasteiger partial charge on any atom is -0.352 e. The van der Waals surface area contributed by atoms with Gasteiger partial charge in [0.2, 0.25) is 0 Å². The van der Waals surface area contributed by atoms with Crippen molar-refractivity contribution in [2.75, 3.05) is 11.5 Å². The molecule has 0 atom stereocenters. The lowest BCUT2D eigenvalue weighted by Gasteiger charge is -2.34. The molecule has 0 fully saturated rings. The number of carbonyl (C=O) groups excluding carboxylic acids is 1. The lowest BCUT2D eigenvalue weighted by molar-refractivity contribution is 0.0954. The van der Waals surface area contributed by atoms with E-state index in [-0.39, 0.29) is 17.1 Å². The number of rotatable bonds is 5. The van der Waals surface area contributed by atoms with Gasteiger partial charge in [0, 0.05) is 29.0 Å². The Morgan fingerprint density at radius 2 is 2.00 bits per heavy atom. The molecule has 0 aliphatic carbocycles. The Bertz CT molecular complexity index is 1510. The van der Waals surface area contributed by atoms with Crippen LogP contribution in [0.1, 0.15) is 58.7 Å². The number of H-pyrrole nitrogens is 1. The van der Waals surface area contributed by atoms with Gasteiger partial charge in [-0.05, 0) is 42.2 Å². The van der Waals surface area contributed by atoms with Crippen molar-refractivity contribution in [1.29, 1.82) is 0 Å². The van der Waals surface area contributed by atoms with Gasteiger partial charge < -0.3 is 10.3 Å². The van der Waals surface area contributed by atoms with Crippen LogP contribution < -0.4 is 5.32 Å². The number of amides is 1.